The summed E-state index contributed by atoms with van der Waals surface area (Å²) in [5.41, 5.74) is 0.827. The number of fused-ring (bicyclic) bond motifs is 1. The van der Waals surface area contributed by atoms with Crippen molar-refractivity contribution in [1.29, 1.82) is 5.26 Å². The van der Waals surface area contributed by atoms with Gasteiger partial charge in [0.05, 0.1) is 16.6 Å². The molecule has 0 radical (unpaired) electrons. The van der Waals surface area contributed by atoms with E-state index in [1.54, 1.807) is 6.07 Å². The zero-order valence-corrected chi connectivity index (χ0v) is 16.0. The van der Waals surface area contributed by atoms with Crippen LogP contribution in [0.3, 0.4) is 0 Å². The Balaban J connectivity index is 1.73. The maximum Gasteiger partial charge on any atom is 0.245 e. The van der Waals surface area contributed by atoms with Crippen LogP contribution in [0.25, 0.3) is 0 Å². The quantitative estimate of drug-likeness (QED) is 0.782. The third-order valence-corrected chi connectivity index (χ3v) is 7.09. The average molecular weight is 405 g/mol. The van der Waals surface area contributed by atoms with E-state index in [0.717, 1.165) is 12.0 Å². The predicted octanol–water partition coefficient (Wildman–Crippen LogP) is 3.51. The van der Waals surface area contributed by atoms with Crippen LogP contribution in [0.1, 0.15) is 30.0 Å². The molecule has 0 N–H and O–H groups in total. The van der Waals surface area contributed by atoms with Crippen molar-refractivity contribution >= 4 is 21.6 Å². The third-order valence-electron chi connectivity index (χ3n) is 4.83. The van der Waals surface area contributed by atoms with Crippen LogP contribution in [0, 0.1) is 11.3 Å². The van der Waals surface area contributed by atoms with Crippen LogP contribution in [-0.4, -0.2) is 32.5 Å². The Labute approximate surface area is 162 Å². The molecule has 0 aromatic heterocycles. The van der Waals surface area contributed by atoms with E-state index in [4.69, 9.17) is 21.1 Å². The first-order valence-electron chi connectivity index (χ1n) is 8.62. The lowest BCUT2D eigenvalue weighted by Crippen LogP contribution is -2.31. The molecule has 2 aliphatic rings. The van der Waals surface area contributed by atoms with E-state index in [1.165, 1.54) is 16.4 Å². The normalized spacial score (nSPS) is 19.6. The minimum Gasteiger partial charge on any atom is -0.486 e. The van der Waals surface area contributed by atoms with Gasteiger partial charge in [-0.05, 0) is 42.7 Å². The molecule has 0 saturated carbocycles. The maximum absolute atomic E-state index is 13.3. The van der Waals surface area contributed by atoms with Gasteiger partial charge in [-0.15, -0.1) is 0 Å². The summed E-state index contributed by atoms with van der Waals surface area (Å²) >= 11 is 6.04. The molecule has 140 valence electrons. The van der Waals surface area contributed by atoms with Crippen LogP contribution < -0.4 is 9.47 Å². The minimum atomic E-state index is -3.87. The number of hydrogen-bond donors (Lipinski definition) is 0. The van der Waals surface area contributed by atoms with E-state index in [9.17, 15) is 13.7 Å². The van der Waals surface area contributed by atoms with Crippen molar-refractivity contribution in [3.05, 3.63) is 52.5 Å². The molecule has 0 aliphatic carbocycles. The van der Waals surface area contributed by atoms with E-state index < -0.39 is 10.0 Å². The molecular formula is C19H17ClN2O4S. The molecule has 0 amide bonds. The molecule has 2 heterocycles. The first-order valence-corrected chi connectivity index (χ1v) is 10.4. The Morgan fingerprint density at radius 1 is 1.15 bits per heavy atom. The highest BCUT2D eigenvalue weighted by Crippen LogP contribution is 2.41. The van der Waals surface area contributed by atoms with Crippen molar-refractivity contribution in [3.63, 3.8) is 0 Å². The molecule has 6 nitrogen and oxygen atoms in total. The molecule has 2 aromatic carbocycles. The second-order valence-corrected chi connectivity index (χ2v) is 8.67. The lowest BCUT2D eigenvalue weighted by atomic mass is 10.0. The van der Waals surface area contributed by atoms with E-state index in [1.807, 2.05) is 24.3 Å². The smallest absolute Gasteiger partial charge is 0.245 e. The number of nitriles is 1. The van der Waals surface area contributed by atoms with Gasteiger partial charge in [-0.3, -0.25) is 0 Å². The van der Waals surface area contributed by atoms with Gasteiger partial charge < -0.3 is 9.47 Å². The van der Waals surface area contributed by atoms with E-state index >= 15 is 0 Å². The van der Waals surface area contributed by atoms with E-state index in [0.29, 0.717) is 37.7 Å². The van der Waals surface area contributed by atoms with Crippen LogP contribution in [0.2, 0.25) is 5.02 Å². The van der Waals surface area contributed by atoms with Crippen molar-refractivity contribution in [2.45, 2.75) is 23.8 Å². The Hall–Kier alpha value is -2.27. The van der Waals surface area contributed by atoms with Crippen molar-refractivity contribution in [2.24, 2.45) is 0 Å². The van der Waals surface area contributed by atoms with Gasteiger partial charge in [-0.2, -0.15) is 9.57 Å². The molecular weight excluding hydrogens is 388 g/mol. The molecule has 1 atom stereocenters. The van der Waals surface area contributed by atoms with Crippen LogP contribution >= 0.6 is 11.6 Å². The minimum absolute atomic E-state index is 0.0213. The predicted molar refractivity (Wildman–Crippen MR) is 99.5 cm³/mol. The Morgan fingerprint density at radius 2 is 1.93 bits per heavy atom. The molecule has 2 aliphatic heterocycles. The lowest BCUT2D eigenvalue weighted by molar-refractivity contribution is 0.171. The number of sulfonamides is 1. The Bertz CT molecular complexity index is 1030. The number of halogens is 1. The number of benzene rings is 2. The first-order chi connectivity index (χ1) is 13.0. The standard InChI is InChI=1S/C19H17ClN2O4S/c20-15-3-1-5-19(14(15)12-21)27(23,24)22-8-2-4-16(22)13-6-7-17-18(11-13)26-10-9-25-17/h1,3,5-7,11,16H,2,4,8-10H2. The number of ether oxygens (including phenoxy) is 2. The van der Waals surface area contributed by atoms with Gasteiger partial charge in [-0.1, -0.05) is 23.7 Å². The molecule has 27 heavy (non-hydrogen) atoms. The van der Waals surface area contributed by atoms with Crippen molar-refractivity contribution in [1.82, 2.24) is 4.31 Å². The van der Waals surface area contributed by atoms with Gasteiger partial charge in [0.15, 0.2) is 11.5 Å². The topological polar surface area (TPSA) is 79.6 Å². The Morgan fingerprint density at radius 3 is 2.70 bits per heavy atom. The SMILES string of the molecule is N#Cc1c(Cl)cccc1S(=O)(=O)N1CCCC1c1ccc2c(c1)OCCO2. The molecule has 1 fully saturated rings. The van der Waals surface area contributed by atoms with Gasteiger partial charge >= 0.3 is 0 Å². The zero-order valence-electron chi connectivity index (χ0n) is 14.4. The summed E-state index contributed by atoms with van der Waals surface area (Å²) in [5.74, 6) is 1.29. The highest BCUT2D eigenvalue weighted by Gasteiger charge is 2.38. The summed E-state index contributed by atoms with van der Waals surface area (Å²) in [6.07, 6.45) is 1.43. The highest BCUT2D eigenvalue weighted by atomic mass is 35.5. The van der Waals surface area contributed by atoms with Crippen molar-refractivity contribution in [3.8, 4) is 17.6 Å². The first kappa shape index (κ1) is 18.1. The fraction of sp³-hybridized carbons (Fsp3) is 0.316. The monoisotopic (exact) mass is 404 g/mol. The molecule has 0 bridgehead atoms. The maximum atomic E-state index is 13.3. The largest absolute Gasteiger partial charge is 0.486 e. The average Bonchev–Trinajstić information content (AvgIpc) is 3.18. The van der Waals surface area contributed by atoms with Crippen LogP contribution in [0.15, 0.2) is 41.3 Å². The second-order valence-electron chi connectivity index (χ2n) is 6.40. The summed E-state index contributed by atoms with van der Waals surface area (Å²) in [6, 6.07) is 11.6. The summed E-state index contributed by atoms with van der Waals surface area (Å²) in [4.78, 5) is -0.0538. The fourth-order valence-corrected chi connectivity index (χ4v) is 5.70. The molecule has 4 rings (SSSR count). The lowest BCUT2D eigenvalue weighted by Gasteiger charge is -2.26. The summed E-state index contributed by atoms with van der Waals surface area (Å²) < 4.78 is 39.2. The van der Waals surface area contributed by atoms with Gasteiger partial charge in [0.1, 0.15) is 24.2 Å². The Kier molecular flexibility index (Phi) is 4.72. The summed E-state index contributed by atoms with van der Waals surface area (Å²) in [7, 11) is -3.87. The van der Waals surface area contributed by atoms with Crippen LogP contribution in [-0.2, 0) is 10.0 Å². The summed E-state index contributed by atoms with van der Waals surface area (Å²) in [5, 5.41) is 9.51. The molecule has 8 heteroatoms. The van der Waals surface area contributed by atoms with Crippen LogP contribution in [0.5, 0.6) is 11.5 Å². The van der Waals surface area contributed by atoms with Gasteiger partial charge in [0.2, 0.25) is 10.0 Å². The third kappa shape index (κ3) is 3.14. The number of hydrogen-bond acceptors (Lipinski definition) is 5. The zero-order chi connectivity index (χ0) is 19.0. The van der Waals surface area contributed by atoms with Gasteiger partial charge in [0.25, 0.3) is 0 Å². The van der Waals surface area contributed by atoms with E-state index in [-0.39, 0.29) is 21.5 Å². The van der Waals surface area contributed by atoms with Crippen molar-refractivity contribution < 1.29 is 17.9 Å². The van der Waals surface area contributed by atoms with Gasteiger partial charge in [0, 0.05) is 6.54 Å². The second kappa shape index (κ2) is 7.04. The molecule has 2 aromatic rings. The molecule has 1 saturated heterocycles. The number of nitrogens with zero attached hydrogens (tertiary/aromatic N) is 2. The molecule has 1 unspecified atom stereocenters. The highest BCUT2D eigenvalue weighted by molar-refractivity contribution is 7.89. The van der Waals surface area contributed by atoms with Gasteiger partial charge in [-0.25, -0.2) is 8.42 Å². The van der Waals surface area contributed by atoms with Crippen LogP contribution in [0.4, 0.5) is 0 Å². The van der Waals surface area contributed by atoms with E-state index in [2.05, 4.69) is 0 Å². The van der Waals surface area contributed by atoms with Crippen molar-refractivity contribution in [2.75, 3.05) is 19.8 Å². The fourth-order valence-electron chi connectivity index (χ4n) is 3.58. The number of rotatable bonds is 3. The molecule has 0 spiro atoms. The summed E-state index contributed by atoms with van der Waals surface area (Å²) in [6.45, 7) is 1.36.